The third kappa shape index (κ3) is 1.39. The lowest BCUT2D eigenvalue weighted by molar-refractivity contribution is 0.0592. The van der Waals surface area contributed by atoms with Gasteiger partial charge in [0.05, 0.1) is 6.54 Å². The molecule has 6 nitrogen and oxygen atoms in total. The van der Waals surface area contributed by atoms with Crippen LogP contribution in [0.4, 0.5) is 9.59 Å². The summed E-state index contributed by atoms with van der Waals surface area (Å²) in [6, 6.07) is 0. The van der Waals surface area contributed by atoms with E-state index in [4.69, 9.17) is 9.84 Å². The minimum Gasteiger partial charge on any atom is -0.465 e. The van der Waals surface area contributed by atoms with Crippen LogP contribution in [-0.4, -0.2) is 47.9 Å². The number of nitrogens with one attached hydrogen (secondary N) is 1. The normalized spacial score (nSPS) is 32.0. The second-order valence-electron chi connectivity index (χ2n) is 3.27. The van der Waals surface area contributed by atoms with Crippen molar-refractivity contribution in [2.24, 2.45) is 5.92 Å². The smallest absolute Gasteiger partial charge is 0.407 e. The van der Waals surface area contributed by atoms with Gasteiger partial charge >= 0.3 is 12.2 Å². The summed E-state index contributed by atoms with van der Waals surface area (Å²) in [5, 5.41) is 11.2. The molecule has 72 valence electrons. The van der Waals surface area contributed by atoms with Gasteiger partial charge in [-0.3, -0.25) is 0 Å². The third-order valence-electron chi connectivity index (χ3n) is 2.42. The van der Waals surface area contributed by atoms with E-state index < -0.39 is 12.2 Å². The number of carboxylic acid groups (broad SMARTS) is 1. The minimum atomic E-state index is -0.953. The zero-order chi connectivity index (χ0) is 9.42. The summed E-state index contributed by atoms with van der Waals surface area (Å²) in [4.78, 5) is 22.6. The number of fused-ring (bicyclic) bond motifs is 1. The van der Waals surface area contributed by atoms with E-state index in [9.17, 15) is 9.59 Å². The lowest BCUT2D eigenvalue weighted by Gasteiger charge is -2.24. The van der Waals surface area contributed by atoms with E-state index in [2.05, 4.69) is 5.32 Å². The van der Waals surface area contributed by atoms with Gasteiger partial charge in [-0.15, -0.1) is 0 Å². The highest BCUT2D eigenvalue weighted by molar-refractivity contribution is 5.69. The fourth-order valence-corrected chi connectivity index (χ4v) is 1.72. The number of hydrogen-bond acceptors (Lipinski definition) is 3. The Morgan fingerprint density at radius 1 is 1.62 bits per heavy atom. The Morgan fingerprint density at radius 2 is 2.38 bits per heavy atom. The molecule has 0 spiro atoms. The molecule has 0 aromatic rings. The van der Waals surface area contributed by atoms with Crippen molar-refractivity contribution >= 4 is 12.2 Å². The summed E-state index contributed by atoms with van der Waals surface area (Å²) >= 11 is 0. The molecule has 2 aliphatic rings. The first-order chi connectivity index (χ1) is 6.16. The number of likely N-dealkylation sites (tertiary alicyclic amines) is 1. The van der Waals surface area contributed by atoms with Crippen LogP contribution in [0.15, 0.2) is 0 Å². The Kier molecular flexibility index (Phi) is 1.75. The predicted octanol–water partition coefficient (Wildman–Crippen LogP) is -0.295. The molecule has 2 fully saturated rings. The maximum absolute atomic E-state index is 10.8. The minimum absolute atomic E-state index is 0.105. The van der Waals surface area contributed by atoms with E-state index in [1.807, 2.05) is 0 Å². The van der Waals surface area contributed by atoms with Crippen LogP contribution in [0.5, 0.6) is 0 Å². The fourth-order valence-electron chi connectivity index (χ4n) is 1.72. The third-order valence-corrected chi connectivity index (χ3v) is 2.42. The molecule has 13 heavy (non-hydrogen) atoms. The molecule has 2 rings (SSSR count). The van der Waals surface area contributed by atoms with Crippen molar-refractivity contribution in [1.82, 2.24) is 10.2 Å². The number of ether oxygens (including phenoxy) is 1. The highest BCUT2D eigenvalue weighted by atomic mass is 16.6. The standard InChI is InChI=1S/C7H10N2O4/c10-6-8-1-4-2-9(7(11)12)3-5(4)13-6/h4-5H,1-3H2,(H,8,10)(H,11,12)/t4-,5-/m1/s1. The average Bonchev–Trinajstić information content (AvgIpc) is 2.46. The van der Waals surface area contributed by atoms with Crippen LogP contribution in [-0.2, 0) is 4.74 Å². The Balaban J connectivity index is 2.02. The quantitative estimate of drug-likeness (QED) is 0.544. The van der Waals surface area contributed by atoms with Crippen LogP contribution >= 0.6 is 0 Å². The zero-order valence-corrected chi connectivity index (χ0v) is 6.90. The maximum Gasteiger partial charge on any atom is 0.407 e. The number of carbonyl (C=O) groups is 2. The van der Waals surface area contributed by atoms with Gasteiger partial charge in [-0.05, 0) is 0 Å². The highest BCUT2D eigenvalue weighted by Crippen LogP contribution is 2.22. The fraction of sp³-hybridized carbons (Fsp3) is 0.714. The number of carbonyl (C=O) groups excluding carboxylic acids is 1. The van der Waals surface area contributed by atoms with Crippen molar-refractivity contribution < 1.29 is 19.4 Å². The molecule has 2 aliphatic heterocycles. The number of amides is 2. The molecule has 0 aliphatic carbocycles. The van der Waals surface area contributed by atoms with Crippen molar-refractivity contribution in [1.29, 1.82) is 0 Å². The van der Waals surface area contributed by atoms with E-state index in [1.165, 1.54) is 4.90 Å². The van der Waals surface area contributed by atoms with E-state index in [-0.39, 0.29) is 12.0 Å². The van der Waals surface area contributed by atoms with Crippen LogP contribution < -0.4 is 5.32 Å². The van der Waals surface area contributed by atoms with Gasteiger partial charge in [-0.1, -0.05) is 0 Å². The first kappa shape index (κ1) is 8.15. The molecule has 0 bridgehead atoms. The molecule has 0 radical (unpaired) electrons. The summed E-state index contributed by atoms with van der Waals surface area (Å²) in [6.07, 6.45) is -1.66. The molecule has 0 saturated carbocycles. The van der Waals surface area contributed by atoms with Gasteiger partial charge in [0.15, 0.2) is 0 Å². The molecule has 2 amide bonds. The molecular formula is C7H10N2O4. The van der Waals surface area contributed by atoms with Gasteiger partial charge in [0.1, 0.15) is 6.10 Å². The lowest BCUT2D eigenvalue weighted by atomic mass is 10.1. The number of hydrogen-bond donors (Lipinski definition) is 2. The largest absolute Gasteiger partial charge is 0.465 e. The Morgan fingerprint density at radius 3 is 3.08 bits per heavy atom. The van der Waals surface area contributed by atoms with Crippen molar-refractivity contribution in [3.05, 3.63) is 0 Å². The molecule has 0 aromatic carbocycles. The summed E-state index contributed by atoms with van der Waals surface area (Å²) in [5.74, 6) is 0.105. The molecular weight excluding hydrogens is 176 g/mol. The van der Waals surface area contributed by atoms with Gasteiger partial charge < -0.3 is 20.1 Å². The van der Waals surface area contributed by atoms with Crippen LogP contribution in [0, 0.1) is 5.92 Å². The van der Waals surface area contributed by atoms with Gasteiger partial charge in [0.25, 0.3) is 0 Å². The first-order valence-electron chi connectivity index (χ1n) is 4.09. The SMILES string of the molecule is O=C1NC[C@@H]2CN(C(=O)O)C[C@H]2O1. The van der Waals surface area contributed by atoms with Gasteiger partial charge in [-0.2, -0.15) is 0 Å². The molecule has 0 unspecified atom stereocenters. The summed E-state index contributed by atoms with van der Waals surface area (Å²) in [5.41, 5.74) is 0. The number of nitrogens with zero attached hydrogens (tertiary/aromatic N) is 1. The zero-order valence-electron chi connectivity index (χ0n) is 6.90. The predicted molar refractivity (Wildman–Crippen MR) is 41.4 cm³/mol. The molecule has 2 N–H and O–H groups in total. The summed E-state index contributed by atoms with van der Waals surface area (Å²) < 4.78 is 4.94. The monoisotopic (exact) mass is 186 g/mol. The molecule has 2 heterocycles. The van der Waals surface area contributed by atoms with Crippen molar-refractivity contribution in [2.75, 3.05) is 19.6 Å². The van der Waals surface area contributed by atoms with Gasteiger partial charge in [-0.25, -0.2) is 9.59 Å². The topological polar surface area (TPSA) is 78.9 Å². The number of alkyl carbamates (subject to hydrolysis) is 1. The second kappa shape index (κ2) is 2.79. The first-order valence-corrected chi connectivity index (χ1v) is 4.09. The van der Waals surface area contributed by atoms with Crippen molar-refractivity contribution in [2.45, 2.75) is 6.10 Å². The Bertz CT molecular complexity index is 255. The molecule has 6 heteroatoms. The van der Waals surface area contributed by atoms with Crippen LogP contribution in [0.1, 0.15) is 0 Å². The van der Waals surface area contributed by atoms with Crippen molar-refractivity contribution in [3.63, 3.8) is 0 Å². The Labute approximate surface area is 74.5 Å². The van der Waals surface area contributed by atoms with E-state index in [0.717, 1.165) is 0 Å². The van der Waals surface area contributed by atoms with Crippen LogP contribution in [0.2, 0.25) is 0 Å². The van der Waals surface area contributed by atoms with E-state index >= 15 is 0 Å². The van der Waals surface area contributed by atoms with Gasteiger partial charge in [0, 0.05) is 19.0 Å². The second-order valence-corrected chi connectivity index (χ2v) is 3.27. The summed E-state index contributed by atoms with van der Waals surface area (Å²) in [7, 11) is 0. The Hall–Kier alpha value is -1.46. The van der Waals surface area contributed by atoms with E-state index in [0.29, 0.717) is 19.6 Å². The summed E-state index contributed by atoms with van der Waals surface area (Å²) in [6.45, 7) is 1.25. The maximum atomic E-state index is 10.8. The van der Waals surface area contributed by atoms with Crippen LogP contribution in [0.3, 0.4) is 0 Å². The van der Waals surface area contributed by atoms with Gasteiger partial charge in [0.2, 0.25) is 0 Å². The van der Waals surface area contributed by atoms with Crippen LogP contribution in [0.25, 0.3) is 0 Å². The molecule has 0 aromatic heterocycles. The molecule has 2 saturated heterocycles. The number of rotatable bonds is 0. The molecule has 2 atom stereocenters. The average molecular weight is 186 g/mol. The van der Waals surface area contributed by atoms with E-state index in [1.54, 1.807) is 0 Å². The van der Waals surface area contributed by atoms with Crippen molar-refractivity contribution in [3.8, 4) is 0 Å². The highest BCUT2D eigenvalue weighted by Gasteiger charge is 2.40. The lowest BCUT2D eigenvalue weighted by Crippen LogP contribution is -2.44.